The van der Waals surface area contributed by atoms with Crippen LogP contribution in [0, 0.1) is 18.6 Å². The molecule has 0 heterocycles. The Kier molecular flexibility index (Phi) is 7.26. The second-order valence-corrected chi connectivity index (χ2v) is 6.33. The lowest BCUT2D eigenvalue weighted by molar-refractivity contribution is -0.113. The molecule has 0 saturated heterocycles. The number of hydrogen-bond donors (Lipinski definition) is 2. The van der Waals surface area contributed by atoms with E-state index in [0.717, 1.165) is 17.3 Å². The summed E-state index contributed by atoms with van der Waals surface area (Å²) in [5, 5.41) is 3.30. The van der Waals surface area contributed by atoms with Gasteiger partial charge in [-0.15, -0.1) is 0 Å². The number of hydrogen-bond acceptors (Lipinski definition) is 4. The van der Waals surface area contributed by atoms with Crippen LogP contribution in [0.15, 0.2) is 53.2 Å². The summed E-state index contributed by atoms with van der Waals surface area (Å²) >= 11 is 0. The summed E-state index contributed by atoms with van der Waals surface area (Å²) in [5.41, 5.74) is 8.31. The SMILES string of the molecule is C=NC(=O)/C=C(\N)CCC(Nc1cc(OC)ccc1C)c1cc(F)cc(F)c1. The highest BCUT2D eigenvalue weighted by molar-refractivity contribution is 5.91. The van der Waals surface area contributed by atoms with Gasteiger partial charge in [-0.1, -0.05) is 6.07 Å². The zero-order valence-electron chi connectivity index (χ0n) is 15.8. The van der Waals surface area contributed by atoms with Crippen molar-refractivity contribution in [2.24, 2.45) is 10.7 Å². The number of amides is 1. The third kappa shape index (κ3) is 5.90. The van der Waals surface area contributed by atoms with Gasteiger partial charge in [-0.3, -0.25) is 4.79 Å². The number of rotatable bonds is 8. The number of aryl methyl sites for hydroxylation is 1. The summed E-state index contributed by atoms with van der Waals surface area (Å²) in [6, 6.07) is 8.43. The van der Waals surface area contributed by atoms with E-state index >= 15 is 0 Å². The van der Waals surface area contributed by atoms with E-state index in [-0.39, 0.29) is 0 Å². The Hall–Kier alpha value is -3.22. The van der Waals surface area contributed by atoms with E-state index in [1.54, 1.807) is 7.11 Å². The first-order valence-corrected chi connectivity index (χ1v) is 8.66. The molecule has 0 saturated carbocycles. The minimum Gasteiger partial charge on any atom is -0.497 e. The van der Waals surface area contributed by atoms with Crippen LogP contribution in [0.1, 0.15) is 30.0 Å². The van der Waals surface area contributed by atoms with Crippen molar-refractivity contribution in [3.63, 3.8) is 0 Å². The predicted octanol–water partition coefficient (Wildman–Crippen LogP) is 4.29. The molecule has 3 N–H and O–H groups in total. The van der Waals surface area contributed by atoms with E-state index in [1.807, 2.05) is 25.1 Å². The maximum atomic E-state index is 13.8. The Balaban J connectivity index is 2.32. The van der Waals surface area contributed by atoms with Gasteiger partial charge in [0.05, 0.1) is 13.2 Å². The van der Waals surface area contributed by atoms with Gasteiger partial charge in [0, 0.05) is 29.6 Å². The molecule has 0 aliphatic carbocycles. The van der Waals surface area contributed by atoms with E-state index in [2.05, 4.69) is 17.0 Å². The summed E-state index contributed by atoms with van der Waals surface area (Å²) in [7, 11) is 1.56. The summed E-state index contributed by atoms with van der Waals surface area (Å²) in [6.07, 6.45) is 1.90. The minimum absolute atomic E-state index is 0.309. The number of ether oxygens (including phenoxy) is 1. The molecule has 0 spiro atoms. The largest absolute Gasteiger partial charge is 0.497 e. The number of nitrogens with one attached hydrogen (secondary N) is 1. The minimum atomic E-state index is -0.668. The predicted molar refractivity (Wildman–Crippen MR) is 107 cm³/mol. The molecule has 1 amide bonds. The van der Waals surface area contributed by atoms with E-state index in [4.69, 9.17) is 10.5 Å². The third-order valence-electron chi connectivity index (χ3n) is 4.25. The first-order chi connectivity index (χ1) is 13.3. The van der Waals surface area contributed by atoms with Crippen LogP contribution in [0.5, 0.6) is 5.75 Å². The lowest BCUT2D eigenvalue weighted by atomic mass is 9.99. The van der Waals surface area contributed by atoms with Crippen LogP contribution in [-0.2, 0) is 4.79 Å². The average molecular weight is 387 g/mol. The van der Waals surface area contributed by atoms with Crippen LogP contribution in [0.25, 0.3) is 0 Å². The highest BCUT2D eigenvalue weighted by Crippen LogP contribution is 2.30. The van der Waals surface area contributed by atoms with Gasteiger partial charge in [-0.05, 0) is 55.8 Å². The van der Waals surface area contributed by atoms with Crippen LogP contribution in [0.3, 0.4) is 0 Å². The fraction of sp³-hybridized carbons (Fsp3) is 0.238. The first kappa shape index (κ1) is 21.1. The Labute approximate surface area is 162 Å². The van der Waals surface area contributed by atoms with Crippen LogP contribution < -0.4 is 15.8 Å². The molecule has 1 unspecified atom stereocenters. The van der Waals surface area contributed by atoms with Gasteiger partial charge in [-0.2, -0.15) is 0 Å². The molecule has 0 aliphatic heterocycles. The number of halogens is 2. The van der Waals surface area contributed by atoms with Gasteiger partial charge in [0.15, 0.2) is 0 Å². The van der Waals surface area contributed by atoms with Gasteiger partial charge >= 0.3 is 0 Å². The topological polar surface area (TPSA) is 76.7 Å². The Bertz CT molecular complexity index is 877. The molecular formula is C21H23F2N3O2. The van der Waals surface area contributed by atoms with Crippen molar-refractivity contribution in [3.05, 3.63) is 70.9 Å². The number of aliphatic imine (C=N–C) groups is 1. The van der Waals surface area contributed by atoms with Crippen molar-refractivity contribution >= 4 is 18.3 Å². The van der Waals surface area contributed by atoms with Crippen molar-refractivity contribution in [1.29, 1.82) is 0 Å². The molecule has 2 aromatic rings. The number of nitrogens with zero attached hydrogens (tertiary/aromatic N) is 1. The molecule has 2 rings (SSSR count). The van der Waals surface area contributed by atoms with Crippen molar-refractivity contribution in [1.82, 2.24) is 0 Å². The zero-order valence-corrected chi connectivity index (χ0v) is 15.8. The van der Waals surface area contributed by atoms with E-state index in [1.165, 1.54) is 18.2 Å². The molecule has 2 aromatic carbocycles. The summed E-state index contributed by atoms with van der Waals surface area (Å²) in [6.45, 7) is 5.06. The lowest BCUT2D eigenvalue weighted by Gasteiger charge is -2.22. The van der Waals surface area contributed by atoms with Crippen LogP contribution in [0.2, 0.25) is 0 Å². The smallest absolute Gasteiger partial charge is 0.270 e. The number of benzene rings is 2. The van der Waals surface area contributed by atoms with Crippen LogP contribution >= 0.6 is 0 Å². The van der Waals surface area contributed by atoms with Crippen molar-refractivity contribution in [2.75, 3.05) is 12.4 Å². The lowest BCUT2D eigenvalue weighted by Crippen LogP contribution is -2.14. The molecule has 28 heavy (non-hydrogen) atoms. The van der Waals surface area contributed by atoms with Gasteiger partial charge in [-0.25, -0.2) is 13.8 Å². The maximum Gasteiger partial charge on any atom is 0.270 e. The van der Waals surface area contributed by atoms with Gasteiger partial charge in [0.2, 0.25) is 0 Å². The second-order valence-electron chi connectivity index (χ2n) is 6.33. The quantitative estimate of drug-likeness (QED) is 0.523. The highest BCUT2D eigenvalue weighted by Gasteiger charge is 2.16. The molecule has 5 nitrogen and oxygen atoms in total. The first-order valence-electron chi connectivity index (χ1n) is 8.66. The second kappa shape index (κ2) is 9.64. The number of anilines is 1. The van der Waals surface area contributed by atoms with Crippen molar-refractivity contribution in [3.8, 4) is 5.75 Å². The maximum absolute atomic E-state index is 13.8. The van der Waals surface area contributed by atoms with Gasteiger partial charge in [0.1, 0.15) is 17.4 Å². The average Bonchev–Trinajstić information content (AvgIpc) is 2.65. The molecule has 0 aliphatic rings. The molecular weight excluding hydrogens is 364 g/mol. The molecule has 0 aromatic heterocycles. The highest BCUT2D eigenvalue weighted by atomic mass is 19.1. The van der Waals surface area contributed by atoms with Crippen LogP contribution in [-0.4, -0.2) is 19.7 Å². The van der Waals surface area contributed by atoms with E-state index in [9.17, 15) is 13.6 Å². The summed E-state index contributed by atoms with van der Waals surface area (Å²) < 4.78 is 32.8. The van der Waals surface area contributed by atoms with E-state index < -0.39 is 23.6 Å². The zero-order chi connectivity index (χ0) is 20.7. The Morgan fingerprint density at radius 3 is 2.57 bits per heavy atom. The Morgan fingerprint density at radius 2 is 1.96 bits per heavy atom. The summed E-state index contributed by atoms with van der Waals surface area (Å²) in [4.78, 5) is 14.6. The molecule has 1 atom stereocenters. The summed E-state index contributed by atoms with van der Waals surface area (Å²) in [5.74, 6) is -1.22. The molecule has 148 valence electrons. The fourth-order valence-electron chi connectivity index (χ4n) is 2.76. The number of allylic oxidation sites excluding steroid dienone is 1. The van der Waals surface area contributed by atoms with Gasteiger partial charge in [0.25, 0.3) is 5.91 Å². The van der Waals surface area contributed by atoms with Crippen molar-refractivity contribution in [2.45, 2.75) is 25.8 Å². The number of carbonyl (C=O) groups is 1. The number of nitrogens with two attached hydrogens (primary N) is 1. The number of methoxy groups -OCH3 is 1. The number of carbonyl (C=O) groups excluding carboxylic acids is 1. The van der Waals surface area contributed by atoms with Gasteiger partial charge < -0.3 is 15.8 Å². The molecule has 7 heteroatoms. The van der Waals surface area contributed by atoms with E-state index in [0.29, 0.717) is 29.9 Å². The normalized spacial score (nSPS) is 12.4. The molecule has 0 fully saturated rings. The third-order valence-corrected chi connectivity index (χ3v) is 4.25. The molecule has 0 bridgehead atoms. The fourth-order valence-corrected chi connectivity index (χ4v) is 2.76. The van der Waals surface area contributed by atoms with Crippen LogP contribution in [0.4, 0.5) is 14.5 Å². The standard InChI is InChI=1S/C21H23F2N3O2/c1-13-4-6-18(28-3)12-20(13)26-19(7-5-17(24)11-21(27)25-2)14-8-15(22)10-16(23)9-14/h4,6,8-12,19,26H,2,5,7,24H2,1,3H3/b17-11-. The molecule has 0 radical (unpaired) electrons. The van der Waals surface area contributed by atoms with Crippen molar-refractivity contribution < 1.29 is 18.3 Å². The Morgan fingerprint density at radius 1 is 1.29 bits per heavy atom. The monoisotopic (exact) mass is 387 g/mol.